The van der Waals surface area contributed by atoms with Crippen LogP contribution in [0.1, 0.15) is 410 Å². The van der Waals surface area contributed by atoms with Crippen molar-refractivity contribution in [3.05, 3.63) is 52.2 Å². The van der Waals surface area contributed by atoms with E-state index < -0.39 is 17.6 Å². The Bertz CT molecular complexity index is 2370. The SMILES string of the molecule is CC.CC(C)(C)CC(C)(C)N.CC(C)(C)CC(N)C(=O)O.CC(C)(C)CCCCN.CC(C)(C)CCCN.CC(C)(C)C[C@@H](N)C(C)(C)O.CC(C)(C)C[C@@H](N)Cc1ccc(F)cc1.CC(C)(C)C[C@@H](N)Cc1cscn1.CCC1(CC(C)(C)C)CC1.CCCCC(C)(C)C.COC[C@H](N)CC(C)(C)C.C[C@@H]1CCCNC1. The molecule has 0 bridgehead atoms. The number of carboxylic acids is 1. The van der Waals surface area contributed by atoms with Gasteiger partial charge in [-0.05, 0) is 246 Å². The van der Waals surface area contributed by atoms with Gasteiger partial charge in [0, 0.05) is 48.6 Å². The first-order chi connectivity index (χ1) is 50.0. The Kier molecular flexibility index (Phi) is 69.4. The molecular weight excluding hydrogens is 1410 g/mol. The normalized spacial score (nSPS) is 15.8. The van der Waals surface area contributed by atoms with Crippen molar-refractivity contribution >= 4 is 17.3 Å². The number of ether oxygens (including phenoxy) is 1. The molecule has 1 saturated heterocycles. The number of carbonyl (C=O) groups is 1. The highest BCUT2D eigenvalue weighted by Gasteiger charge is 2.43. The predicted octanol–water partition coefficient (Wildman–Crippen LogP) is 24.3. The number of nitrogens with zero attached hydrogens (tertiary/aromatic N) is 1. The van der Waals surface area contributed by atoms with Crippen molar-refractivity contribution in [2.45, 2.75) is 453 Å². The second kappa shape index (κ2) is 62.0. The maximum Gasteiger partial charge on any atom is 0.320 e. The third kappa shape index (κ3) is 112. The second-order valence-electron chi connectivity index (χ2n) is 46.0. The number of halogens is 1. The van der Waals surface area contributed by atoms with E-state index in [1.165, 1.54) is 109 Å². The molecule has 4 rings (SSSR count). The molecule has 2 heterocycles. The van der Waals surface area contributed by atoms with E-state index >= 15 is 0 Å². The lowest BCUT2D eigenvalue weighted by atomic mass is 9.81. The number of rotatable bonds is 23. The summed E-state index contributed by atoms with van der Waals surface area (Å²) >= 11 is 1.63. The first-order valence-electron chi connectivity index (χ1n) is 43.7. The molecule has 1 unspecified atom stereocenters. The van der Waals surface area contributed by atoms with E-state index in [-0.39, 0.29) is 51.8 Å². The number of hydrogen-bond acceptors (Lipinski definition) is 14. The minimum Gasteiger partial charge on any atom is -0.480 e. The largest absolute Gasteiger partial charge is 0.480 e. The zero-order chi connectivity index (χ0) is 90.4. The van der Waals surface area contributed by atoms with Crippen molar-refractivity contribution in [2.24, 2.45) is 111 Å². The van der Waals surface area contributed by atoms with Gasteiger partial charge in [0.15, 0.2) is 0 Å². The Morgan fingerprint density at radius 3 is 1.20 bits per heavy atom. The zero-order valence-corrected chi connectivity index (χ0v) is 83.4. The number of aliphatic carboxylic acids is 1. The molecule has 6 atom stereocenters. The van der Waals surface area contributed by atoms with Crippen LogP contribution in [0.3, 0.4) is 0 Å². The highest BCUT2D eigenvalue weighted by Crippen LogP contribution is 2.55. The van der Waals surface area contributed by atoms with Crippen LogP contribution in [0.25, 0.3) is 0 Å². The van der Waals surface area contributed by atoms with Gasteiger partial charge in [-0.15, -0.1) is 11.3 Å². The molecule has 0 spiro atoms. The summed E-state index contributed by atoms with van der Waals surface area (Å²) in [6.45, 7) is 89.4. The van der Waals surface area contributed by atoms with Crippen LogP contribution in [0.15, 0.2) is 35.2 Å². The summed E-state index contributed by atoms with van der Waals surface area (Å²) in [6, 6.07) is 6.29. The Morgan fingerprint density at radius 2 is 0.973 bits per heavy atom. The number of nitrogens with two attached hydrogens (primary N) is 8. The highest BCUT2D eigenvalue weighted by molar-refractivity contribution is 7.07. The van der Waals surface area contributed by atoms with Crippen LogP contribution in [0, 0.1) is 71.3 Å². The van der Waals surface area contributed by atoms with Crippen molar-refractivity contribution in [2.75, 3.05) is 39.9 Å². The van der Waals surface area contributed by atoms with Crippen molar-refractivity contribution in [3.8, 4) is 0 Å². The van der Waals surface area contributed by atoms with Crippen molar-refractivity contribution < 1.29 is 24.1 Å². The summed E-state index contributed by atoms with van der Waals surface area (Å²) in [6.07, 6.45) is 26.0. The topological polar surface area (TPSA) is 300 Å². The average Bonchev–Trinajstić information content (AvgIpc) is 1.65. The quantitative estimate of drug-likeness (QED) is 0.0461. The minimum absolute atomic E-state index is 0.00218. The molecular formula is C96H205FN10O4S. The third-order valence-electron chi connectivity index (χ3n) is 17.2. The number of piperidine rings is 1. The van der Waals surface area contributed by atoms with Crippen molar-refractivity contribution in [1.82, 2.24) is 10.3 Å². The van der Waals surface area contributed by atoms with Gasteiger partial charge in [-0.25, -0.2) is 9.37 Å². The summed E-state index contributed by atoms with van der Waals surface area (Å²) in [5.41, 5.74) is 53.0. The molecule has 112 heavy (non-hydrogen) atoms. The van der Waals surface area contributed by atoms with Gasteiger partial charge in [-0.2, -0.15) is 0 Å². The Morgan fingerprint density at radius 1 is 0.571 bits per heavy atom. The molecule has 0 radical (unpaired) electrons. The number of methoxy groups -OCH3 is 1. The van der Waals surface area contributed by atoms with Gasteiger partial charge in [-0.3, -0.25) is 4.79 Å². The van der Waals surface area contributed by atoms with Gasteiger partial charge in [0.05, 0.1) is 23.4 Å². The van der Waals surface area contributed by atoms with Crippen LogP contribution < -0.4 is 51.2 Å². The number of aliphatic hydroxyl groups is 1. The number of hydrogen-bond donors (Lipinski definition) is 11. The fraction of sp³-hybridized carbons (Fsp3) is 0.896. The van der Waals surface area contributed by atoms with Crippen molar-refractivity contribution in [1.29, 1.82) is 0 Å². The summed E-state index contributed by atoms with van der Waals surface area (Å²) in [5.74, 6) is -0.188. The Hall–Kier alpha value is -2.19. The number of carboxylic acid groups (broad SMARTS) is 1. The lowest BCUT2D eigenvalue weighted by molar-refractivity contribution is -0.139. The first-order valence-corrected chi connectivity index (χ1v) is 44.7. The molecule has 1 aromatic carbocycles. The van der Waals surface area contributed by atoms with Crippen LogP contribution in [0.5, 0.6) is 0 Å². The highest BCUT2D eigenvalue weighted by atomic mass is 32.1. The fourth-order valence-corrected chi connectivity index (χ4v) is 13.0. The van der Waals surface area contributed by atoms with E-state index in [0.29, 0.717) is 50.9 Å². The Balaban J connectivity index is -0.000000178. The molecule has 2 fully saturated rings. The maximum absolute atomic E-state index is 12.7. The number of nitrogens with one attached hydrogen (secondary N) is 1. The molecule has 2 aromatic rings. The summed E-state index contributed by atoms with van der Waals surface area (Å²) in [7, 11) is 1.68. The number of unbranched alkanes of at least 4 members (excludes halogenated alkanes) is 2. The summed E-state index contributed by atoms with van der Waals surface area (Å²) in [5, 5.41) is 23.4. The molecule has 19 N–H and O–H groups in total. The fourth-order valence-electron chi connectivity index (χ4n) is 12.5. The van der Waals surface area contributed by atoms with E-state index in [0.717, 1.165) is 87.0 Å². The van der Waals surface area contributed by atoms with E-state index in [1.54, 1.807) is 44.4 Å². The molecule has 14 nitrogen and oxygen atoms in total. The standard InChI is InChI=1S/C13H20FN.C10H18N2S.C10H20.C9H21NO.C8H19NO.2C8H19N.C8H18.C7H15NO2.C7H17N.C6H13N.C2H6/c1-13(2,3)9-12(15)8-10-4-6-11(14)7-5-10;1-10(2,3)5-8(11)4-9-6-13-7-12-9;1-5-10(6-7-10)8-9(2,3)4;1-8(2,3)6-7(10)9(4,5)11;1-8(2,3)5-7(9)6-10-4;1-7(2,3)6-8(4,5)9;1-8(2,3)6-4-5-7-9;1-5-6-7-8(2,3)4;1-7(2,3)4-5(8)6(9)10;1-7(2,3)5-4-6-8;1-6-3-2-4-7-5-6;1-2/h4-7,12H,8-9,15H2,1-3H3;6-8H,4-5,11H2,1-3H3;5-8H2,1-4H3;7,11H,6,10H2,1-5H3;7H,5-6,9H2,1-4H3;6,9H2,1-5H3;4-7,9H2,1-3H3;5-7H2,1-4H3;5H,4,8H2,1-3H3,(H,9,10);4-6,8H2,1-3H3;6-7H,2-5H2,1H3;1-2H3/t12-;8-;;2*7-;;;;;;6-;/m00.11.....1./s1. The second-order valence-corrected chi connectivity index (χ2v) is 46.7. The molecule has 1 saturated carbocycles. The predicted molar refractivity (Wildman–Crippen MR) is 502 cm³/mol. The van der Waals surface area contributed by atoms with E-state index in [4.69, 9.17) is 55.7 Å². The lowest BCUT2D eigenvalue weighted by Crippen LogP contribution is -2.45. The number of aromatic nitrogens is 1. The van der Waals surface area contributed by atoms with E-state index in [2.05, 4.69) is 237 Å². The molecule has 0 amide bonds. The summed E-state index contributed by atoms with van der Waals surface area (Å²) in [4.78, 5) is 14.5. The van der Waals surface area contributed by atoms with Gasteiger partial charge in [0.25, 0.3) is 0 Å². The van der Waals surface area contributed by atoms with Gasteiger partial charge >= 0.3 is 5.97 Å². The monoisotopic (exact) mass is 1610 g/mol. The van der Waals surface area contributed by atoms with Gasteiger partial charge in [0.2, 0.25) is 0 Å². The third-order valence-corrected chi connectivity index (χ3v) is 17.8. The van der Waals surface area contributed by atoms with Gasteiger partial charge < -0.3 is 66.1 Å². The Labute approximate surface area is 703 Å². The lowest BCUT2D eigenvalue weighted by Gasteiger charge is -2.31. The first kappa shape index (κ1) is 125. The molecule has 2 aliphatic rings. The van der Waals surface area contributed by atoms with E-state index in [9.17, 15) is 14.3 Å². The van der Waals surface area contributed by atoms with Gasteiger partial charge in [-0.1, -0.05) is 280 Å². The van der Waals surface area contributed by atoms with Crippen LogP contribution in [0.4, 0.5) is 4.39 Å². The van der Waals surface area contributed by atoms with Gasteiger partial charge in [0.1, 0.15) is 11.9 Å². The number of benzene rings is 1. The van der Waals surface area contributed by atoms with Crippen LogP contribution in [0.2, 0.25) is 0 Å². The van der Waals surface area contributed by atoms with Crippen molar-refractivity contribution in [3.63, 3.8) is 0 Å². The van der Waals surface area contributed by atoms with Crippen LogP contribution >= 0.6 is 11.3 Å². The average molecular weight is 1610 g/mol. The molecule has 1 aliphatic heterocycles. The molecule has 1 aliphatic carbocycles. The summed E-state index contributed by atoms with van der Waals surface area (Å²) < 4.78 is 17.6. The van der Waals surface area contributed by atoms with E-state index in [1.807, 2.05) is 40.1 Å². The van der Waals surface area contributed by atoms with Crippen LogP contribution in [-0.2, 0) is 22.4 Å². The van der Waals surface area contributed by atoms with Crippen LogP contribution in [-0.4, -0.2) is 102 Å². The molecule has 1 aromatic heterocycles. The zero-order valence-electron chi connectivity index (χ0n) is 82.6. The maximum atomic E-state index is 12.7. The smallest absolute Gasteiger partial charge is 0.320 e. The minimum atomic E-state index is -0.921. The molecule has 16 heteroatoms. The number of thiazole rings is 1. The molecule has 676 valence electrons.